The van der Waals surface area contributed by atoms with Crippen molar-refractivity contribution in [3.05, 3.63) is 101 Å². The van der Waals surface area contributed by atoms with Crippen LogP contribution in [-0.4, -0.2) is 25.8 Å². The van der Waals surface area contributed by atoms with Gasteiger partial charge in [-0.1, -0.05) is 24.3 Å². The van der Waals surface area contributed by atoms with E-state index in [2.05, 4.69) is 30.6 Å². The Balaban J connectivity index is 1.35. The average molecular weight is 525 g/mol. The zero-order chi connectivity index (χ0) is 27.5. The van der Waals surface area contributed by atoms with E-state index in [9.17, 15) is 14.4 Å². The lowest BCUT2D eigenvalue weighted by atomic mass is 10.0. The Morgan fingerprint density at radius 1 is 1.13 bits per heavy atom. The molecule has 3 heterocycles. The summed E-state index contributed by atoms with van der Waals surface area (Å²) in [4.78, 5) is 28.5. The minimum atomic E-state index is -0.492. The van der Waals surface area contributed by atoms with Gasteiger partial charge < -0.3 is 21.4 Å². The summed E-state index contributed by atoms with van der Waals surface area (Å²) in [6.45, 7) is 1.78. The summed E-state index contributed by atoms with van der Waals surface area (Å²) in [6, 6.07) is 13.5. The molecule has 0 bridgehead atoms. The number of nitriles is 1. The molecule has 0 aliphatic rings. The van der Waals surface area contributed by atoms with Gasteiger partial charge in [-0.3, -0.25) is 4.79 Å². The Morgan fingerprint density at radius 2 is 1.92 bits per heavy atom. The van der Waals surface area contributed by atoms with Gasteiger partial charge in [0.25, 0.3) is 5.91 Å². The smallest absolute Gasteiger partial charge is 0.255 e. The second kappa shape index (κ2) is 10.5. The Hall–Kier alpha value is -5.37. The quantitative estimate of drug-likeness (QED) is 0.238. The molecule has 39 heavy (non-hydrogen) atoms. The number of nitrogens with two attached hydrogens (primary N) is 1. The largest absolute Gasteiger partial charge is 0.383 e. The van der Waals surface area contributed by atoms with Crippen LogP contribution in [0.5, 0.6) is 0 Å². The molecule has 0 radical (unpaired) electrons. The van der Waals surface area contributed by atoms with Crippen LogP contribution in [0.3, 0.4) is 0 Å². The van der Waals surface area contributed by atoms with E-state index in [-0.39, 0.29) is 35.1 Å². The van der Waals surface area contributed by atoms with Crippen molar-refractivity contribution in [2.24, 2.45) is 0 Å². The van der Waals surface area contributed by atoms with Gasteiger partial charge in [-0.2, -0.15) is 5.26 Å². The highest BCUT2D eigenvalue weighted by atomic mass is 19.1. The van der Waals surface area contributed by atoms with Crippen LogP contribution in [0.1, 0.15) is 40.0 Å². The van der Waals surface area contributed by atoms with E-state index in [1.807, 2.05) is 6.07 Å². The van der Waals surface area contributed by atoms with Crippen LogP contribution < -0.4 is 16.4 Å². The SMILES string of the molecule is CC(NC(=O)c1cc(C#N)cnc1NCc1ccc(-c2c[nH]c3ncnc(N)c23)cc1F)c1ccc(F)cc1. The van der Waals surface area contributed by atoms with Gasteiger partial charge in [-0.15, -0.1) is 0 Å². The second-order valence-electron chi connectivity index (χ2n) is 8.82. The van der Waals surface area contributed by atoms with Crippen LogP contribution in [0.15, 0.2) is 67.3 Å². The van der Waals surface area contributed by atoms with Gasteiger partial charge in [-0.05, 0) is 42.3 Å². The number of carbonyl (C=O) groups is 1. The van der Waals surface area contributed by atoms with Crippen molar-refractivity contribution in [3.8, 4) is 17.2 Å². The molecule has 0 spiro atoms. The molecule has 1 atom stereocenters. The molecule has 9 nitrogen and oxygen atoms in total. The van der Waals surface area contributed by atoms with E-state index >= 15 is 4.39 Å². The first kappa shape index (κ1) is 25.3. The normalized spacial score (nSPS) is 11.6. The fourth-order valence-corrected chi connectivity index (χ4v) is 4.20. The molecular weight excluding hydrogens is 502 g/mol. The first-order valence-corrected chi connectivity index (χ1v) is 11.9. The molecule has 0 aliphatic carbocycles. The van der Waals surface area contributed by atoms with Crippen molar-refractivity contribution in [3.63, 3.8) is 0 Å². The van der Waals surface area contributed by atoms with Crippen molar-refractivity contribution in [2.75, 3.05) is 11.1 Å². The van der Waals surface area contributed by atoms with Gasteiger partial charge in [0.15, 0.2) is 0 Å². The lowest BCUT2D eigenvalue weighted by Crippen LogP contribution is -2.28. The standard InChI is InChI=1S/C28H22F2N8O/c1-15(17-4-6-20(29)7-5-17)38-28(39)21-8-16(10-31)11-33-26(21)34-12-19-3-2-18(9-23(19)30)22-13-35-27-24(22)25(32)36-14-37-27/h2-9,11,13-15H,12H2,1H3,(H,33,34)(H,38,39)(H3,32,35,36,37). The molecule has 3 aromatic heterocycles. The number of halogens is 2. The van der Waals surface area contributed by atoms with Gasteiger partial charge in [0.05, 0.1) is 22.6 Å². The number of aromatic nitrogens is 4. The van der Waals surface area contributed by atoms with Gasteiger partial charge in [0.2, 0.25) is 0 Å². The van der Waals surface area contributed by atoms with E-state index in [0.717, 1.165) is 0 Å². The molecule has 5 aromatic rings. The van der Waals surface area contributed by atoms with E-state index < -0.39 is 17.8 Å². The topological polar surface area (TPSA) is 145 Å². The molecule has 5 N–H and O–H groups in total. The number of rotatable bonds is 7. The number of benzene rings is 2. The molecule has 0 aliphatic heterocycles. The summed E-state index contributed by atoms with van der Waals surface area (Å²) in [5, 5.41) is 15.7. The third kappa shape index (κ3) is 5.21. The number of hydrogen-bond donors (Lipinski definition) is 4. The Labute approximate surface area is 221 Å². The zero-order valence-electron chi connectivity index (χ0n) is 20.7. The van der Waals surface area contributed by atoms with E-state index in [1.165, 1.54) is 36.8 Å². The number of anilines is 2. The van der Waals surface area contributed by atoms with Crippen molar-refractivity contribution >= 4 is 28.6 Å². The molecule has 2 aromatic carbocycles. The van der Waals surface area contributed by atoms with Crippen molar-refractivity contribution in [1.82, 2.24) is 25.3 Å². The molecule has 5 rings (SSSR count). The number of nitrogens with zero attached hydrogens (tertiary/aromatic N) is 4. The number of nitrogens with one attached hydrogen (secondary N) is 3. The Morgan fingerprint density at radius 3 is 2.67 bits per heavy atom. The predicted molar refractivity (Wildman–Crippen MR) is 142 cm³/mol. The fourth-order valence-electron chi connectivity index (χ4n) is 4.20. The van der Waals surface area contributed by atoms with E-state index in [0.29, 0.717) is 33.3 Å². The Bertz CT molecular complexity index is 1730. The number of pyridine rings is 1. The van der Waals surface area contributed by atoms with Crippen LogP contribution in [0.2, 0.25) is 0 Å². The molecular formula is C28H22F2N8O. The fraction of sp³-hybridized carbons (Fsp3) is 0.107. The Kier molecular flexibility index (Phi) is 6.84. The number of amides is 1. The second-order valence-corrected chi connectivity index (χ2v) is 8.82. The summed E-state index contributed by atoms with van der Waals surface area (Å²) in [6.07, 6.45) is 4.37. The minimum absolute atomic E-state index is 0.0257. The number of aromatic amines is 1. The van der Waals surface area contributed by atoms with Crippen molar-refractivity contribution in [2.45, 2.75) is 19.5 Å². The summed E-state index contributed by atoms with van der Waals surface area (Å²) >= 11 is 0. The lowest BCUT2D eigenvalue weighted by molar-refractivity contribution is 0.0940. The maximum absolute atomic E-state index is 15.1. The minimum Gasteiger partial charge on any atom is -0.383 e. The first-order chi connectivity index (χ1) is 18.8. The van der Waals surface area contributed by atoms with Crippen molar-refractivity contribution < 1.29 is 13.6 Å². The van der Waals surface area contributed by atoms with Crippen LogP contribution in [0.4, 0.5) is 20.4 Å². The number of H-pyrrole nitrogens is 1. The summed E-state index contributed by atoms with van der Waals surface area (Å²) < 4.78 is 28.4. The van der Waals surface area contributed by atoms with Crippen LogP contribution in [0.25, 0.3) is 22.2 Å². The van der Waals surface area contributed by atoms with E-state index in [1.54, 1.807) is 37.4 Å². The highest BCUT2D eigenvalue weighted by Gasteiger charge is 2.18. The zero-order valence-corrected chi connectivity index (χ0v) is 20.7. The van der Waals surface area contributed by atoms with Crippen LogP contribution in [0, 0.1) is 23.0 Å². The molecule has 194 valence electrons. The van der Waals surface area contributed by atoms with E-state index in [4.69, 9.17) is 5.73 Å². The predicted octanol–water partition coefficient (Wildman–Crippen LogP) is 4.86. The van der Waals surface area contributed by atoms with Gasteiger partial charge in [0, 0.05) is 30.1 Å². The highest BCUT2D eigenvalue weighted by molar-refractivity contribution is 6.00. The number of nitrogen functional groups attached to an aromatic ring is 1. The van der Waals surface area contributed by atoms with Crippen LogP contribution in [-0.2, 0) is 6.54 Å². The van der Waals surface area contributed by atoms with Gasteiger partial charge in [-0.25, -0.2) is 23.7 Å². The molecule has 0 saturated carbocycles. The molecule has 11 heteroatoms. The third-order valence-electron chi connectivity index (χ3n) is 6.29. The monoisotopic (exact) mass is 524 g/mol. The molecule has 1 unspecified atom stereocenters. The summed E-state index contributed by atoms with van der Waals surface area (Å²) in [7, 11) is 0. The average Bonchev–Trinajstić information content (AvgIpc) is 3.38. The summed E-state index contributed by atoms with van der Waals surface area (Å²) in [5.41, 5.74) is 9.16. The lowest BCUT2D eigenvalue weighted by Gasteiger charge is -2.17. The van der Waals surface area contributed by atoms with Crippen LogP contribution >= 0.6 is 0 Å². The molecule has 0 saturated heterocycles. The van der Waals surface area contributed by atoms with Crippen molar-refractivity contribution in [1.29, 1.82) is 5.26 Å². The highest BCUT2D eigenvalue weighted by Crippen LogP contribution is 2.31. The molecule has 1 amide bonds. The molecule has 0 fully saturated rings. The van der Waals surface area contributed by atoms with Gasteiger partial charge in [0.1, 0.15) is 41.3 Å². The first-order valence-electron chi connectivity index (χ1n) is 11.9. The maximum atomic E-state index is 15.1. The van der Waals surface area contributed by atoms with Gasteiger partial charge >= 0.3 is 0 Å². The summed E-state index contributed by atoms with van der Waals surface area (Å²) in [5.74, 6) is -0.880. The number of fused-ring (bicyclic) bond motifs is 1. The third-order valence-corrected chi connectivity index (χ3v) is 6.29. The number of carbonyl (C=O) groups excluding carboxylic acids is 1. The number of hydrogen-bond acceptors (Lipinski definition) is 7. The maximum Gasteiger partial charge on any atom is 0.255 e.